The standard InChI is InChI=1S/C28H25BrClN5O3/c1-16-8-10-20(11-9-16)34-27(36)24-17(2)33-28-31-15-32-35(28)25(24)19-12-21(29)26(23(13-19)37-3)38-14-18-6-4-5-7-22(18)30/h4-13,15,25H,14H2,1-3H3,(H,34,36)(H,31,32,33). The molecule has 0 spiro atoms. The van der Waals surface area contributed by atoms with Gasteiger partial charge in [0.2, 0.25) is 5.95 Å². The summed E-state index contributed by atoms with van der Waals surface area (Å²) in [6.07, 6.45) is 1.46. The van der Waals surface area contributed by atoms with Crippen LogP contribution < -0.4 is 20.1 Å². The SMILES string of the molecule is COc1cc(C2C(C(=O)Nc3ccc(C)cc3)=C(C)Nc3ncnn32)cc(Br)c1OCc1ccccc1Cl. The van der Waals surface area contributed by atoms with Gasteiger partial charge in [0.15, 0.2) is 11.5 Å². The number of halogens is 2. The molecule has 2 N–H and O–H groups in total. The van der Waals surface area contributed by atoms with Crippen molar-refractivity contribution in [1.82, 2.24) is 14.8 Å². The molecular weight excluding hydrogens is 570 g/mol. The van der Waals surface area contributed by atoms with E-state index in [9.17, 15) is 4.79 Å². The Hall–Kier alpha value is -3.82. The molecule has 4 aromatic rings. The zero-order chi connectivity index (χ0) is 26.8. The van der Waals surface area contributed by atoms with Crippen LogP contribution in [0.3, 0.4) is 0 Å². The number of carbonyl (C=O) groups excluding carboxylic acids is 1. The van der Waals surface area contributed by atoms with Crippen molar-refractivity contribution in [3.8, 4) is 11.5 Å². The molecule has 3 aromatic carbocycles. The summed E-state index contributed by atoms with van der Waals surface area (Å²) in [5.41, 5.74) is 4.60. The van der Waals surface area contributed by atoms with Crippen molar-refractivity contribution < 1.29 is 14.3 Å². The first-order valence-electron chi connectivity index (χ1n) is 11.8. The van der Waals surface area contributed by atoms with E-state index >= 15 is 0 Å². The predicted octanol–water partition coefficient (Wildman–Crippen LogP) is 6.52. The van der Waals surface area contributed by atoms with E-state index in [1.165, 1.54) is 6.33 Å². The third-order valence-electron chi connectivity index (χ3n) is 6.25. The van der Waals surface area contributed by atoms with Gasteiger partial charge < -0.3 is 20.1 Å². The predicted molar refractivity (Wildman–Crippen MR) is 151 cm³/mol. The normalized spacial score (nSPS) is 14.5. The molecule has 0 saturated heterocycles. The molecule has 0 bridgehead atoms. The molecule has 194 valence electrons. The van der Waals surface area contributed by atoms with E-state index in [0.29, 0.717) is 43.9 Å². The van der Waals surface area contributed by atoms with Gasteiger partial charge in [0, 0.05) is 22.0 Å². The number of fused-ring (bicyclic) bond motifs is 1. The lowest BCUT2D eigenvalue weighted by molar-refractivity contribution is -0.113. The molecule has 38 heavy (non-hydrogen) atoms. The number of ether oxygens (including phenoxy) is 2. The molecular formula is C28H25BrClN5O3. The van der Waals surface area contributed by atoms with E-state index in [0.717, 1.165) is 16.7 Å². The van der Waals surface area contributed by atoms with Crippen LogP contribution in [0.4, 0.5) is 11.6 Å². The Morgan fingerprint density at radius 1 is 1.16 bits per heavy atom. The van der Waals surface area contributed by atoms with Gasteiger partial charge in [0.05, 0.1) is 17.2 Å². The zero-order valence-electron chi connectivity index (χ0n) is 21.0. The number of aromatic nitrogens is 3. The highest BCUT2D eigenvalue weighted by molar-refractivity contribution is 9.10. The Bertz CT molecular complexity index is 1530. The molecule has 0 saturated carbocycles. The highest BCUT2D eigenvalue weighted by Gasteiger charge is 2.34. The molecule has 5 rings (SSSR count). The van der Waals surface area contributed by atoms with Gasteiger partial charge in [-0.1, -0.05) is 47.5 Å². The van der Waals surface area contributed by atoms with Crippen molar-refractivity contribution >= 4 is 45.1 Å². The van der Waals surface area contributed by atoms with Crippen LogP contribution >= 0.6 is 27.5 Å². The lowest BCUT2D eigenvalue weighted by atomic mass is 9.94. The number of benzene rings is 3. The van der Waals surface area contributed by atoms with Crippen molar-refractivity contribution in [3.05, 3.63) is 104 Å². The summed E-state index contributed by atoms with van der Waals surface area (Å²) in [6, 6.07) is 18.3. The minimum atomic E-state index is -0.568. The number of methoxy groups -OCH3 is 1. The molecule has 1 aromatic heterocycles. The number of nitrogens with zero attached hydrogens (tertiary/aromatic N) is 3. The minimum absolute atomic E-state index is 0.251. The van der Waals surface area contributed by atoms with Crippen molar-refractivity contribution in [3.63, 3.8) is 0 Å². The number of aryl methyl sites for hydroxylation is 1. The van der Waals surface area contributed by atoms with Crippen LogP contribution in [0.1, 0.15) is 29.7 Å². The molecule has 1 aliphatic heterocycles. The van der Waals surface area contributed by atoms with Gasteiger partial charge in [0.25, 0.3) is 5.91 Å². The second-order valence-corrected chi connectivity index (χ2v) is 10.1. The van der Waals surface area contributed by atoms with E-state index in [1.807, 2.05) is 74.5 Å². The number of amides is 1. The van der Waals surface area contributed by atoms with E-state index in [4.69, 9.17) is 21.1 Å². The van der Waals surface area contributed by atoms with Crippen LogP contribution in [0.5, 0.6) is 11.5 Å². The van der Waals surface area contributed by atoms with Crippen molar-refractivity contribution in [2.75, 3.05) is 17.7 Å². The molecule has 10 heteroatoms. The third kappa shape index (κ3) is 5.12. The maximum absolute atomic E-state index is 13.6. The number of hydrogen-bond acceptors (Lipinski definition) is 6. The van der Waals surface area contributed by atoms with Gasteiger partial charge in [-0.2, -0.15) is 10.1 Å². The number of anilines is 2. The van der Waals surface area contributed by atoms with E-state index in [2.05, 4.69) is 36.6 Å². The molecule has 0 radical (unpaired) electrons. The number of rotatable bonds is 7. The second kappa shape index (κ2) is 10.9. The molecule has 8 nitrogen and oxygen atoms in total. The molecule has 1 unspecified atom stereocenters. The third-order valence-corrected chi connectivity index (χ3v) is 7.20. The van der Waals surface area contributed by atoms with E-state index in [1.54, 1.807) is 11.8 Å². The first kappa shape index (κ1) is 25.8. The molecule has 1 atom stereocenters. The topological polar surface area (TPSA) is 90.3 Å². The van der Waals surface area contributed by atoms with Crippen molar-refractivity contribution in [2.24, 2.45) is 0 Å². The highest BCUT2D eigenvalue weighted by Crippen LogP contribution is 2.43. The molecule has 1 aliphatic rings. The zero-order valence-corrected chi connectivity index (χ0v) is 23.3. The van der Waals surface area contributed by atoms with Crippen LogP contribution in [-0.2, 0) is 11.4 Å². The quantitative estimate of drug-likeness (QED) is 0.253. The van der Waals surface area contributed by atoms with Crippen LogP contribution in [0.25, 0.3) is 0 Å². The summed E-state index contributed by atoms with van der Waals surface area (Å²) in [4.78, 5) is 17.9. The first-order chi connectivity index (χ1) is 18.4. The van der Waals surface area contributed by atoms with E-state index < -0.39 is 6.04 Å². The van der Waals surface area contributed by atoms with Gasteiger partial charge in [-0.15, -0.1) is 0 Å². The maximum Gasteiger partial charge on any atom is 0.255 e. The second-order valence-electron chi connectivity index (χ2n) is 8.83. The summed E-state index contributed by atoms with van der Waals surface area (Å²) in [5.74, 6) is 1.31. The van der Waals surface area contributed by atoms with Crippen molar-refractivity contribution in [2.45, 2.75) is 26.5 Å². The first-order valence-corrected chi connectivity index (χ1v) is 13.0. The van der Waals surface area contributed by atoms with Gasteiger partial charge in [0.1, 0.15) is 19.0 Å². The summed E-state index contributed by atoms with van der Waals surface area (Å²) < 4.78 is 14.2. The van der Waals surface area contributed by atoms with Crippen LogP contribution in [0, 0.1) is 6.92 Å². The Morgan fingerprint density at radius 3 is 2.66 bits per heavy atom. The Labute approximate surface area is 233 Å². The largest absolute Gasteiger partial charge is 0.493 e. The minimum Gasteiger partial charge on any atom is -0.493 e. The molecule has 0 aliphatic carbocycles. The average Bonchev–Trinajstić information content (AvgIpc) is 3.37. The number of allylic oxidation sites excluding steroid dienone is 1. The van der Waals surface area contributed by atoms with Crippen LogP contribution in [0.15, 0.2) is 82.7 Å². The summed E-state index contributed by atoms with van der Waals surface area (Å²) in [6.45, 7) is 4.11. The number of nitrogens with one attached hydrogen (secondary N) is 2. The summed E-state index contributed by atoms with van der Waals surface area (Å²) in [5, 5.41) is 11.2. The highest BCUT2D eigenvalue weighted by atomic mass is 79.9. The van der Waals surface area contributed by atoms with Crippen LogP contribution in [-0.4, -0.2) is 27.8 Å². The Morgan fingerprint density at radius 2 is 1.92 bits per heavy atom. The molecule has 1 amide bonds. The number of hydrogen-bond donors (Lipinski definition) is 2. The van der Waals surface area contributed by atoms with Gasteiger partial charge in [-0.05, 0) is 65.7 Å². The maximum atomic E-state index is 13.6. The monoisotopic (exact) mass is 593 g/mol. The fourth-order valence-corrected chi connectivity index (χ4v) is 5.10. The number of carbonyl (C=O) groups is 1. The average molecular weight is 595 g/mol. The lowest BCUT2D eigenvalue weighted by Gasteiger charge is -2.29. The van der Waals surface area contributed by atoms with Crippen LogP contribution in [0.2, 0.25) is 5.02 Å². The fraction of sp³-hybridized carbons (Fsp3) is 0.179. The Kier molecular flexibility index (Phi) is 7.40. The van der Waals surface area contributed by atoms with Gasteiger partial charge >= 0.3 is 0 Å². The van der Waals surface area contributed by atoms with Gasteiger partial charge in [-0.25, -0.2) is 4.68 Å². The summed E-state index contributed by atoms with van der Waals surface area (Å²) >= 11 is 9.95. The van der Waals surface area contributed by atoms with E-state index in [-0.39, 0.29) is 12.5 Å². The smallest absolute Gasteiger partial charge is 0.255 e. The summed E-state index contributed by atoms with van der Waals surface area (Å²) in [7, 11) is 1.57. The fourth-order valence-electron chi connectivity index (χ4n) is 4.33. The lowest BCUT2D eigenvalue weighted by Crippen LogP contribution is -2.31. The Balaban J connectivity index is 1.51. The molecule has 0 fully saturated rings. The van der Waals surface area contributed by atoms with Crippen molar-refractivity contribution in [1.29, 1.82) is 0 Å². The molecule has 2 heterocycles. The van der Waals surface area contributed by atoms with Gasteiger partial charge in [-0.3, -0.25) is 4.79 Å².